The number of unbranched alkanes of at least 4 members (excludes halogenated alkanes) is 39. The van der Waals surface area contributed by atoms with Gasteiger partial charge in [-0.2, -0.15) is 0 Å². The van der Waals surface area contributed by atoms with E-state index in [2.05, 4.69) is 112 Å². The van der Waals surface area contributed by atoms with Gasteiger partial charge in [-0.1, -0.05) is 308 Å². The lowest BCUT2D eigenvalue weighted by Crippen LogP contribution is -2.31. The summed E-state index contributed by atoms with van der Waals surface area (Å²) in [6, 6.07) is 25.8. The highest BCUT2D eigenvalue weighted by Crippen LogP contribution is 2.22. The Kier molecular flexibility index (Phi) is 39.3. The van der Waals surface area contributed by atoms with Crippen molar-refractivity contribution in [1.82, 2.24) is 33.6 Å². The van der Waals surface area contributed by atoms with Crippen molar-refractivity contribution in [1.29, 1.82) is 0 Å². The van der Waals surface area contributed by atoms with Crippen molar-refractivity contribution in [2.75, 3.05) is 39.3 Å². The second kappa shape index (κ2) is 47.9. The average molecular weight is 1200 g/mol. The number of aromatic nitrogens is 6. The van der Waals surface area contributed by atoms with E-state index in [1.807, 2.05) is 18.6 Å². The number of para-hydroxylation sites is 6. The van der Waals surface area contributed by atoms with Crippen LogP contribution in [0.25, 0.3) is 33.1 Å². The second-order valence-electron chi connectivity index (χ2n) is 26.1. The van der Waals surface area contributed by atoms with Gasteiger partial charge in [0.15, 0.2) is 17.5 Å². The monoisotopic (exact) mass is 1200 g/mol. The lowest BCUT2D eigenvalue weighted by Gasteiger charge is -2.19. The summed E-state index contributed by atoms with van der Waals surface area (Å²) in [6.07, 6.45) is 63.5. The predicted octanol–water partition coefficient (Wildman–Crippen LogP) is 22.1. The smallest absolute Gasteiger partial charge is 0.151 e. The molecule has 0 bridgehead atoms. The van der Waals surface area contributed by atoms with Crippen LogP contribution in [0.15, 0.2) is 87.8 Å². The molecule has 3 heterocycles. The molecule has 0 radical (unpaired) electrons. The van der Waals surface area contributed by atoms with E-state index in [4.69, 9.17) is 29.9 Å². The maximum atomic E-state index is 5.09. The molecule has 0 aliphatic carbocycles. The first-order valence-corrected chi connectivity index (χ1v) is 37.3. The Morgan fingerprint density at radius 3 is 0.716 bits per heavy atom. The molecular formula is C78H126N10. The maximum Gasteiger partial charge on any atom is 0.151 e. The van der Waals surface area contributed by atoms with E-state index in [1.165, 1.54) is 286 Å². The van der Waals surface area contributed by atoms with Crippen LogP contribution in [-0.2, 0) is 19.6 Å². The van der Waals surface area contributed by atoms with E-state index < -0.39 is 0 Å². The number of aliphatic imine (C=N–C) groups is 3. The van der Waals surface area contributed by atoms with E-state index in [-0.39, 0.29) is 0 Å². The number of hydrogen-bond donors (Lipinski definition) is 0. The van der Waals surface area contributed by atoms with Crippen molar-refractivity contribution in [2.45, 2.75) is 310 Å². The molecule has 6 rings (SSSR count). The molecule has 0 atom stereocenters. The summed E-state index contributed by atoms with van der Waals surface area (Å²) in [7, 11) is 0. The van der Waals surface area contributed by atoms with E-state index in [0.29, 0.717) is 19.6 Å². The molecule has 0 saturated carbocycles. The summed E-state index contributed by atoms with van der Waals surface area (Å²) < 4.78 is 7.21. The molecule has 6 aromatic rings. The van der Waals surface area contributed by atoms with Crippen LogP contribution in [0.4, 0.5) is 0 Å². The highest BCUT2D eigenvalue weighted by molar-refractivity contribution is 5.86. The SMILES string of the molecule is CCCCCCCCCCCCCCCCn1c(C=NCCN(CCN=Cc2nc3ccccc3n2CCCCCCCCCCCCCCCC)CCN=Cc2nc3ccccc3n2CCCCCCCCCCCCCCCC)nc2ccccc21. The Morgan fingerprint density at radius 2 is 0.489 bits per heavy atom. The lowest BCUT2D eigenvalue weighted by molar-refractivity contribution is 0.298. The Labute approximate surface area is 537 Å². The zero-order chi connectivity index (χ0) is 61.4. The summed E-state index contributed by atoms with van der Waals surface area (Å²) >= 11 is 0. The Bertz CT molecular complexity index is 2450. The Balaban J connectivity index is 1.01. The van der Waals surface area contributed by atoms with Gasteiger partial charge in [0.1, 0.15) is 0 Å². The lowest BCUT2D eigenvalue weighted by atomic mass is 10.0. The molecule has 3 aromatic carbocycles. The van der Waals surface area contributed by atoms with Gasteiger partial charge in [0.25, 0.3) is 0 Å². The zero-order valence-corrected chi connectivity index (χ0v) is 56.7. The number of aryl methyl sites for hydroxylation is 3. The van der Waals surface area contributed by atoms with Crippen molar-refractivity contribution in [3.8, 4) is 0 Å². The minimum Gasteiger partial charge on any atom is -0.323 e. The number of nitrogens with zero attached hydrogens (tertiary/aromatic N) is 10. The molecule has 10 heteroatoms. The first-order valence-electron chi connectivity index (χ1n) is 37.3. The molecule has 0 spiro atoms. The molecule has 0 aliphatic heterocycles. The minimum absolute atomic E-state index is 0.680. The van der Waals surface area contributed by atoms with Crippen LogP contribution in [0.1, 0.15) is 308 Å². The van der Waals surface area contributed by atoms with Crippen molar-refractivity contribution >= 4 is 51.7 Å². The number of hydrogen-bond acceptors (Lipinski definition) is 7. The molecule has 0 saturated heterocycles. The molecule has 488 valence electrons. The van der Waals surface area contributed by atoms with Gasteiger partial charge in [-0.15, -0.1) is 0 Å². The van der Waals surface area contributed by atoms with Crippen LogP contribution >= 0.6 is 0 Å². The van der Waals surface area contributed by atoms with Gasteiger partial charge in [-0.25, -0.2) is 15.0 Å². The van der Waals surface area contributed by atoms with E-state index in [9.17, 15) is 0 Å². The highest BCUT2D eigenvalue weighted by Gasteiger charge is 2.13. The van der Waals surface area contributed by atoms with Gasteiger partial charge in [0, 0.05) is 39.3 Å². The number of fused-ring (bicyclic) bond motifs is 3. The molecule has 0 amide bonds. The van der Waals surface area contributed by atoms with Crippen LogP contribution in [0.3, 0.4) is 0 Å². The summed E-state index contributed by atoms with van der Waals surface area (Å²) in [5.41, 5.74) is 6.76. The topological polar surface area (TPSA) is 93.8 Å². The standard InChI is InChI=1S/C78H126N10/c1-4-7-10-13-16-19-22-25-28-31-34-37-40-49-61-86-73-55-46-43-52-70(73)82-76(86)67-79-58-64-85(65-59-80-68-77-83-71-53-44-47-56-74(71)87(77)62-50-41-38-35-32-29-26-23-20-17-14-11-8-5-2)66-60-81-69-78-84-72-54-45-48-57-75(72)88(78)63-51-42-39-36-33-30-27-24-21-18-15-12-9-6-3/h43-48,52-57,67-69H,4-42,49-51,58-66H2,1-3H3. The van der Waals surface area contributed by atoms with Crippen LogP contribution in [0.2, 0.25) is 0 Å². The molecule has 88 heavy (non-hydrogen) atoms. The fourth-order valence-corrected chi connectivity index (χ4v) is 13.0. The molecular weight excluding hydrogens is 1080 g/mol. The van der Waals surface area contributed by atoms with Crippen molar-refractivity contribution in [2.24, 2.45) is 15.0 Å². The normalized spacial score (nSPS) is 12.3. The summed E-state index contributed by atoms with van der Waals surface area (Å²) in [5.74, 6) is 2.89. The van der Waals surface area contributed by atoms with Gasteiger partial charge in [-0.05, 0) is 55.7 Å². The van der Waals surface area contributed by atoms with Crippen LogP contribution < -0.4 is 0 Å². The summed E-state index contributed by atoms with van der Waals surface area (Å²) in [6.45, 7) is 14.3. The second-order valence-corrected chi connectivity index (χ2v) is 26.1. The van der Waals surface area contributed by atoms with Gasteiger partial charge >= 0.3 is 0 Å². The maximum absolute atomic E-state index is 5.09. The molecule has 0 aliphatic rings. The molecule has 3 aromatic heterocycles. The third-order valence-electron chi connectivity index (χ3n) is 18.5. The molecule has 0 N–H and O–H groups in total. The van der Waals surface area contributed by atoms with E-state index in [0.717, 1.165) is 73.3 Å². The fraction of sp³-hybridized carbons (Fsp3) is 0.692. The highest BCUT2D eigenvalue weighted by atomic mass is 15.2. The summed E-state index contributed by atoms with van der Waals surface area (Å²) in [4.78, 5) is 33.0. The van der Waals surface area contributed by atoms with Crippen LogP contribution in [0.5, 0.6) is 0 Å². The largest absolute Gasteiger partial charge is 0.323 e. The number of benzene rings is 3. The minimum atomic E-state index is 0.680. The van der Waals surface area contributed by atoms with E-state index >= 15 is 0 Å². The first kappa shape index (κ1) is 72.1. The first-order chi connectivity index (χ1) is 43.7. The average Bonchev–Trinajstić information content (AvgIpc) is 3.13. The molecule has 0 unspecified atom stereocenters. The number of imidazole rings is 3. The Hall–Kier alpha value is -4.96. The third-order valence-corrected chi connectivity index (χ3v) is 18.5. The fourth-order valence-electron chi connectivity index (χ4n) is 13.0. The van der Waals surface area contributed by atoms with Gasteiger partial charge in [0.2, 0.25) is 0 Å². The predicted molar refractivity (Wildman–Crippen MR) is 384 cm³/mol. The zero-order valence-electron chi connectivity index (χ0n) is 56.7. The third kappa shape index (κ3) is 29.3. The molecule has 0 fully saturated rings. The molecule has 10 nitrogen and oxygen atoms in total. The van der Waals surface area contributed by atoms with Crippen LogP contribution in [0, 0.1) is 0 Å². The Morgan fingerprint density at radius 1 is 0.284 bits per heavy atom. The summed E-state index contributed by atoms with van der Waals surface area (Å²) in [5, 5.41) is 0. The van der Waals surface area contributed by atoms with Gasteiger partial charge in [-0.3, -0.25) is 19.9 Å². The van der Waals surface area contributed by atoms with Crippen LogP contribution in [-0.4, -0.2) is 91.5 Å². The number of rotatable bonds is 57. The van der Waals surface area contributed by atoms with Crippen molar-refractivity contribution in [3.63, 3.8) is 0 Å². The van der Waals surface area contributed by atoms with Crippen molar-refractivity contribution in [3.05, 3.63) is 90.3 Å². The van der Waals surface area contributed by atoms with Crippen molar-refractivity contribution < 1.29 is 0 Å². The van der Waals surface area contributed by atoms with Gasteiger partial charge < -0.3 is 13.7 Å². The van der Waals surface area contributed by atoms with E-state index in [1.54, 1.807) is 0 Å². The van der Waals surface area contributed by atoms with Gasteiger partial charge in [0.05, 0.1) is 71.4 Å². The quantitative estimate of drug-likeness (QED) is 0.0281.